The first-order valence-corrected chi connectivity index (χ1v) is 7.83. The van der Waals surface area contributed by atoms with Crippen LogP contribution in [0.5, 0.6) is 0 Å². The van der Waals surface area contributed by atoms with Gasteiger partial charge in [-0.1, -0.05) is 48.1 Å². The lowest BCUT2D eigenvalue weighted by Crippen LogP contribution is -2.46. The molecule has 0 bridgehead atoms. The van der Waals surface area contributed by atoms with Gasteiger partial charge in [0, 0.05) is 5.02 Å². The molecule has 2 unspecified atom stereocenters. The molecule has 0 radical (unpaired) electrons. The molecule has 1 aromatic rings. The van der Waals surface area contributed by atoms with Crippen LogP contribution in [-0.4, -0.2) is 18.5 Å². The van der Waals surface area contributed by atoms with E-state index in [0.29, 0.717) is 26.7 Å². The second-order valence-corrected chi connectivity index (χ2v) is 6.29. The predicted octanol–water partition coefficient (Wildman–Crippen LogP) is 4.36. The number of amides is 1. The average Bonchev–Trinajstić information content (AvgIpc) is 2.42. The molecule has 6 heteroatoms. The molecule has 2 N–H and O–H groups in total. The van der Waals surface area contributed by atoms with Gasteiger partial charge in [0.05, 0.1) is 21.8 Å². The van der Waals surface area contributed by atoms with E-state index in [1.54, 1.807) is 12.1 Å². The van der Waals surface area contributed by atoms with Gasteiger partial charge in [-0.05, 0) is 37.4 Å². The number of piperidine rings is 1. The van der Waals surface area contributed by atoms with Gasteiger partial charge in [-0.25, -0.2) is 0 Å². The van der Waals surface area contributed by atoms with E-state index in [4.69, 9.17) is 34.8 Å². The maximum absolute atomic E-state index is 12.3. The summed E-state index contributed by atoms with van der Waals surface area (Å²) in [4.78, 5) is 12.3. The topological polar surface area (TPSA) is 41.1 Å². The van der Waals surface area contributed by atoms with Crippen molar-refractivity contribution in [1.82, 2.24) is 5.32 Å². The molecular weight excluding hydrogens is 319 g/mol. The zero-order valence-corrected chi connectivity index (χ0v) is 13.4. The van der Waals surface area contributed by atoms with Gasteiger partial charge < -0.3 is 10.6 Å². The van der Waals surface area contributed by atoms with Gasteiger partial charge in [0.1, 0.15) is 0 Å². The summed E-state index contributed by atoms with van der Waals surface area (Å²) in [6.07, 6.45) is 3.04. The van der Waals surface area contributed by atoms with Gasteiger partial charge in [-0.15, -0.1) is 0 Å². The van der Waals surface area contributed by atoms with Crippen molar-refractivity contribution in [3.8, 4) is 0 Å². The molecule has 3 nitrogen and oxygen atoms in total. The molecule has 1 aromatic carbocycles. The summed E-state index contributed by atoms with van der Waals surface area (Å²) >= 11 is 18.0. The molecule has 2 rings (SSSR count). The first-order chi connectivity index (χ1) is 9.51. The van der Waals surface area contributed by atoms with Crippen LogP contribution in [0.1, 0.15) is 26.2 Å². The minimum atomic E-state index is -0.198. The summed E-state index contributed by atoms with van der Waals surface area (Å²) in [5.41, 5.74) is 0.420. The summed E-state index contributed by atoms with van der Waals surface area (Å²) in [5.74, 6) is 0.484. The molecule has 1 heterocycles. The number of hydrogen-bond acceptors (Lipinski definition) is 2. The molecule has 1 fully saturated rings. The Kier molecular flexibility index (Phi) is 5.56. The van der Waals surface area contributed by atoms with Gasteiger partial charge in [-0.2, -0.15) is 0 Å². The van der Waals surface area contributed by atoms with Crippen LogP contribution in [0.3, 0.4) is 0 Å². The third-order valence-corrected chi connectivity index (χ3v) is 4.48. The SMILES string of the molecule is CCC1CCNC(C(=O)Nc2c(Cl)cc(Cl)cc2Cl)C1. The van der Waals surface area contributed by atoms with Crippen molar-refractivity contribution in [3.63, 3.8) is 0 Å². The van der Waals surface area contributed by atoms with E-state index in [-0.39, 0.29) is 11.9 Å². The third kappa shape index (κ3) is 3.79. The van der Waals surface area contributed by atoms with E-state index in [1.807, 2.05) is 0 Å². The zero-order valence-electron chi connectivity index (χ0n) is 11.2. The molecule has 1 aliphatic rings. The number of nitrogens with one attached hydrogen (secondary N) is 2. The van der Waals surface area contributed by atoms with E-state index in [2.05, 4.69) is 17.6 Å². The van der Waals surface area contributed by atoms with Gasteiger partial charge in [0.25, 0.3) is 0 Å². The number of anilines is 1. The summed E-state index contributed by atoms with van der Waals surface area (Å²) in [7, 11) is 0. The van der Waals surface area contributed by atoms with E-state index < -0.39 is 0 Å². The van der Waals surface area contributed by atoms with Crippen LogP contribution in [0.4, 0.5) is 5.69 Å². The highest BCUT2D eigenvalue weighted by Gasteiger charge is 2.26. The van der Waals surface area contributed by atoms with Crippen LogP contribution in [0, 0.1) is 5.92 Å². The lowest BCUT2D eigenvalue weighted by molar-refractivity contribution is -0.119. The monoisotopic (exact) mass is 334 g/mol. The van der Waals surface area contributed by atoms with Crippen molar-refractivity contribution in [2.45, 2.75) is 32.2 Å². The second kappa shape index (κ2) is 6.99. The summed E-state index contributed by atoms with van der Waals surface area (Å²) < 4.78 is 0. The standard InChI is InChI=1S/C14H17Cl3N2O/c1-2-8-3-4-18-12(5-8)14(20)19-13-10(16)6-9(15)7-11(13)17/h6-8,12,18H,2-5H2,1H3,(H,19,20). The van der Waals surface area contributed by atoms with Gasteiger partial charge in [0.15, 0.2) is 0 Å². The van der Waals surface area contributed by atoms with E-state index in [0.717, 1.165) is 25.8 Å². The molecule has 20 heavy (non-hydrogen) atoms. The Morgan fingerprint density at radius 1 is 1.35 bits per heavy atom. The van der Waals surface area contributed by atoms with Crippen molar-refractivity contribution >= 4 is 46.4 Å². The fraction of sp³-hybridized carbons (Fsp3) is 0.500. The maximum atomic E-state index is 12.3. The number of benzene rings is 1. The van der Waals surface area contributed by atoms with Crippen molar-refractivity contribution in [3.05, 3.63) is 27.2 Å². The molecule has 0 spiro atoms. The largest absolute Gasteiger partial charge is 0.322 e. The van der Waals surface area contributed by atoms with Crippen LogP contribution < -0.4 is 10.6 Å². The van der Waals surface area contributed by atoms with Gasteiger partial charge >= 0.3 is 0 Å². The minimum absolute atomic E-state index is 0.103. The quantitative estimate of drug-likeness (QED) is 0.861. The summed E-state index contributed by atoms with van der Waals surface area (Å²) in [5, 5.41) is 7.16. The molecule has 1 amide bonds. The molecule has 0 aliphatic carbocycles. The molecular formula is C14H17Cl3N2O. The fourth-order valence-electron chi connectivity index (χ4n) is 2.44. The number of rotatable bonds is 3. The maximum Gasteiger partial charge on any atom is 0.241 e. The Labute approximate surface area is 134 Å². The van der Waals surface area contributed by atoms with Crippen molar-refractivity contribution in [1.29, 1.82) is 0 Å². The smallest absolute Gasteiger partial charge is 0.241 e. The molecule has 2 atom stereocenters. The molecule has 0 aromatic heterocycles. The molecule has 1 saturated heterocycles. The number of carbonyl (C=O) groups excluding carboxylic acids is 1. The Hall–Kier alpha value is -0.480. The highest BCUT2D eigenvalue weighted by molar-refractivity contribution is 6.42. The van der Waals surface area contributed by atoms with Gasteiger partial charge in [0.2, 0.25) is 5.91 Å². The van der Waals surface area contributed by atoms with Crippen LogP contribution in [0.2, 0.25) is 15.1 Å². The normalized spacial score (nSPS) is 22.6. The van der Waals surface area contributed by atoms with E-state index in [9.17, 15) is 4.79 Å². The fourth-order valence-corrected chi connectivity index (χ4v) is 3.35. The minimum Gasteiger partial charge on any atom is -0.322 e. The van der Waals surface area contributed by atoms with Crippen LogP contribution >= 0.6 is 34.8 Å². The number of hydrogen-bond donors (Lipinski definition) is 2. The lowest BCUT2D eigenvalue weighted by atomic mass is 9.90. The highest BCUT2D eigenvalue weighted by Crippen LogP contribution is 2.34. The number of carbonyl (C=O) groups is 1. The average molecular weight is 336 g/mol. The van der Waals surface area contributed by atoms with Crippen molar-refractivity contribution < 1.29 is 4.79 Å². The lowest BCUT2D eigenvalue weighted by Gasteiger charge is -2.29. The van der Waals surface area contributed by atoms with E-state index in [1.165, 1.54) is 0 Å². The Bertz CT molecular complexity index is 484. The first-order valence-electron chi connectivity index (χ1n) is 6.70. The summed E-state index contributed by atoms with van der Waals surface area (Å²) in [6.45, 7) is 3.01. The predicted molar refractivity (Wildman–Crippen MR) is 84.9 cm³/mol. The highest BCUT2D eigenvalue weighted by atomic mass is 35.5. The Morgan fingerprint density at radius 3 is 2.60 bits per heavy atom. The van der Waals surface area contributed by atoms with Crippen molar-refractivity contribution in [2.75, 3.05) is 11.9 Å². The molecule has 110 valence electrons. The third-order valence-electron chi connectivity index (χ3n) is 3.66. The van der Waals surface area contributed by atoms with Crippen LogP contribution in [-0.2, 0) is 4.79 Å². The van der Waals surface area contributed by atoms with Crippen LogP contribution in [0.25, 0.3) is 0 Å². The molecule has 0 saturated carbocycles. The summed E-state index contributed by atoms with van der Waals surface area (Å²) in [6, 6.07) is 2.93. The van der Waals surface area contributed by atoms with Gasteiger partial charge in [-0.3, -0.25) is 4.79 Å². The van der Waals surface area contributed by atoms with E-state index >= 15 is 0 Å². The Balaban J connectivity index is 2.08. The zero-order chi connectivity index (χ0) is 14.7. The van der Waals surface area contributed by atoms with Crippen LogP contribution in [0.15, 0.2) is 12.1 Å². The molecule has 1 aliphatic heterocycles. The number of halogens is 3. The Morgan fingerprint density at radius 2 is 2.00 bits per heavy atom. The second-order valence-electron chi connectivity index (χ2n) is 5.04. The van der Waals surface area contributed by atoms with Crippen molar-refractivity contribution in [2.24, 2.45) is 5.92 Å². The first kappa shape index (κ1) is 15.9.